The third kappa shape index (κ3) is 1.61. The highest BCUT2D eigenvalue weighted by molar-refractivity contribution is 5.68. The highest BCUT2D eigenvalue weighted by Gasteiger charge is 2.27. The van der Waals surface area contributed by atoms with Crippen molar-refractivity contribution >= 4 is 11.5 Å². The number of para-hydroxylation sites is 1. The van der Waals surface area contributed by atoms with Crippen LogP contribution in [0.2, 0.25) is 0 Å². The molecule has 0 saturated heterocycles. The van der Waals surface area contributed by atoms with Crippen molar-refractivity contribution in [2.75, 3.05) is 4.90 Å². The minimum Gasteiger partial charge on any atom is -0.322 e. The molecule has 4 heteroatoms. The lowest BCUT2D eigenvalue weighted by atomic mass is 10.1. The Kier molecular flexibility index (Phi) is 2.45. The molecular weight excluding hydrogens is 224 g/mol. The van der Waals surface area contributed by atoms with Crippen molar-refractivity contribution in [2.24, 2.45) is 0 Å². The van der Waals surface area contributed by atoms with Crippen LogP contribution >= 0.6 is 0 Å². The molecule has 0 saturated carbocycles. The first kappa shape index (κ1) is 10.7. The Labute approximate surface area is 106 Å². The topological polar surface area (TPSA) is 52.8 Å². The monoisotopic (exact) mass is 236 g/mol. The second kappa shape index (κ2) is 4.11. The molecule has 1 aromatic carbocycles. The van der Waals surface area contributed by atoms with Crippen LogP contribution in [-0.2, 0) is 6.42 Å². The Morgan fingerprint density at radius 2 is 2.11 bits per heavy atom. The van der Waals surface area contributed by atoms with E-state index < -0.39 is 0 Å². The van der Waals surface area contributed by atoms with Gasteiger partial charge in [0.15, 0.2) is 11.5 Å². The highest BCUT2D eigenvalue weighted by Crippen LogP contribution is 2.36. The van der Waals surface area contributed by atoms with Crippen molar-refractivity contribution in [1.82, 2.24) is 9.97 Å². The standard InChI is InChI=1S/C14H12N4/c1-10-6-11-4-2-3-5-13(11)18(10)14-9-16-12(7-15)8-17-14/h2-5,8-10H,6H2,1H3. The Balaban J connectivity index is 2.04. The lowest BCUT2D eigenvalue weighted by Gasteiger charge is -2.23. The van der Waals surface area contributed by atoms with Crippen molar-refractivity contribution in [3.63, 3.8) is 0 Å². The van der Waals surface area contributed by atoms with Gasteiger partial charge in [0.2, 0.25) is 0 Å². The number of aromatic nitrogens is 2. The van der Waals surface area contributed by atoms with E-state index in [1.165, 1.54) is 17.4 Å². The predicted octanol–water partition coefficient (Wildman–Crippen LogP) is 2.43. The third-order valence-electron chi connectivity index (χ3n) is 3.21. The van der Waals surface area contributed by atoms with Gasteiger partial charge in [-0.2, -0.15) is 5.26 Å². The number of rotatable bonds is 1. The summed E-state index contributed by atoms with van der Waals surface area (Å²) in [6, 6.07) is 10.7. The maximum absolute atomic E-state index is 8.74. The first-order valence-electron chi connectivity index (χ1n) is 5.89. The van der Waals surface area contributed by atoms with Crippen LogP contribution in [-0.4, -0.2) is 16.0 Å². The third-order valence-corrected chi connectivity index (χ3v) is 3.21. The largest absolute Gasteiger partial charge is 0.322 e. The van der Waals surface area contributed by atoms with Crippen LogP contribution in [0.1, 0.15) is 18.2 Å². The summed E-state index contributed by atoms with van der Waals surface area (Å²) in [6.07, 6.45) is 4.19. The van der Waals surface area contributed by atoms with Gasteiger partial charge in [-0.15, -0.1) is 0 Å². The molecule has 0 spiro atoms. The molecule has 1 aliphatic rings. The number of anilines is 2. The molecule has 88 valence electrons. The van der Waals surface area contributed by atoms with Crippen LogP contribution < -0.4 is 4.90 Å². The lowest BCUT2D eigenvalue weighted by molar-refractivity contribution is 0.748. The average molecular weight is 236 g/mol. The van der Waals surface area contributed by atoms with Gasteiger partial charge in [0, 0.05) is 11.7 Å². The van der Waals surface area contributed by atoms with E-state index in [0.29, 0.717) is 11.7 Å². The molecule has 2 aromatic rings. The summed E-state index contributed by atoms with van der Waals surface area (Å²) in [4.78, 5) is 10.6. The minimum atomic E-state index is 0.346. The van der Waals surface area contributed by atoms with Gasteiger partial charge in [-0.3, -0.25) is 0 Å². The molecule has 1 unspecified atom stereocenters. The van der Waals surface area contributed by atoms with Crippen LogP contribution in [0, 0.1) is 11.3 Å². The van der Waals surface area contributed by atoms with E-state index in [1.54, 1.807) is 6.20 Å². The smallest absolute Gasteiger partial charge is 0.158 e. The van der Waals surface area contributed by atoms with Crippen LogP contribution in [0.3, 0.4) is 0 Å². The Hall–Kier alpha value is -2.41. The van der Waals surface area contributed by atoms with Gasteiger partial charge >= 0.3 is 0 Å². The molecule has 0 aliphatic carbocycles. The zero-order chi connectivity index (χ0) is 12.5. The van der Waals surface area contributed by atoms with Gasteiger partial charge < -0.3 is 4.90 Å². The van der Waals surface area contributed by atoms with Crippen molar-refractivity contribution in [2.45, 2.75) is 19.4 Å². The number of fused-ring (bicyclic) bond motifs is 1. The van der Waals surface area contributed by atoms with Crippen molar-refractivity contribution in [1.29, 1.82) is 5.26 Å². The maximum atomic E-state index is 8.74. The Morgan fingerprint density at radius 1 is 1.28 bits per heavy atom. The summed E-state index contributed by atoms with van der Waals surface area (Å²) >= 11 is 0. The molecule has 0 N–H and O–H groups in total. The lowest BCUT2D eigenvalue weighted by Crippen LogP contribution is -2.24. The predicted molar refractivity (Wildman–Crippen MR) is 68.5 cm³/mol. The Bertz CT molecular complexity index is 612. The molecule has 3 rings (SSSR count). The van der Waals surface area contributed by atoms with Crippen LogP contribution in [0.15, 0.2) is 36.7 Å². The fourth-order valence-electron chi connectivity index (χ4n) is 2.42. The van der Waals surface area contributed by atoms with Gasteiger partial charge in [0.1, 0.15) is 6.07 Å². The summed E-state index contributed by atoms with van der Waals surface area (Å²) in [6.45, 7) is 2.17. The van der Waals surface area contributed by atoms with Crippen LogP contribution in [0.4, 0.5) is 11.5 Å². The summed E-state index contributed by atoms with van der Waals surface area (Å²) in [5.41, 5.74) is 2.86. The Morgan fingerprint density at radius 3 is 2.83 bits per heavy atom. The first-order chi connectivity index (χ1) is 8.79. The minimum absolute atomic E-state index is 0.346. The van der Waals surface area contributed by atoms with E-state index in [9.17, 15) is 0 Å². The van der Waals surface area contributed by atoms with E-state index in [4.69, 9.17) is 5.26 Å². The molecule has 18 heavy (non-hydrogen) atoms. The quantitative estimate of drug-likeness (QED) is 0.763. The van der Waals surface area contributed by atoms with E-state index >= 15 is 0 Å². The molecular formula is C14H12N4. The number of hydrogen-bond acceptors (Lipinski definition) is 4. The summed E-state index contributed by atoms with van der Waals surface area (Å²) < 4.78 is 0. The SMILES string of the molecule is CC1Cc2ccccc2N1c1cnc(C#N)cn1. The maximum Gasteiger partial charge on any atom is 0.158 e. The van der Waals surface area contributed by atoms with E-state index in [-0.39, 0.29) is 0 Å². The van der Waals surface area contributed by atoms with E-state index in [2.05, 4.69) is 40.0 Å². The molecule has 2 heterocycles. The second-order valence-corrected chi connectivity index (χ2v) is 4.42. The number of benzene rings is 1. The summed E-state index contributed by atoms with van der Waals surface area (Å²) in [5.74, 6) is 0.798. The van der Waals surface area contributed by atoms with E-state index in [1.807, 2.05) is 12.1 Å². The van der Waals surface area contributed by atoms with Crippen molar-refractivity contribution in [3.05, 3.63) is 47.9 Å². The first-order valence-corrected chi connectivity index (χ1v) is 5.89. The van der Waals surface area contributed by atoms with Crippen LogP contribution in [0.5, 0.6) is 0 Å². The van der Waals surface area contributed by atoms with E-state index in [0.717, 1.165) is 12.2 Å². The number of nitrogens with zero attached hydrogens (tertiary/aromatic N) is 4. The normalized spacial score (nSPS) is 17.3. The number of hydrogen-bond donors (Lipinski definition) is 0. The average Bonchev–Trinajstić information content (AvgIpc) is 2.75. The van der Waals surface area contributed by atoms with Crippen molar-refractivity contribution in [3.8, 4) is 6.07 Å². The van der Waals surface area contributed by atoms with Gasteiger partial charge in [0.25, 0.3) is 0 Å². The number of nitriles is 1. The zero-order valence-electron chi connectivity index (χ0n) is 10.0. The zero-order valence-corrected chi connectivity index (χ0v) is 10.0. The van der Waals surface area contributed by atoms with Crippen LogP contribution in [0.25, 0.3) is 0 Å². The second-order valence-electron chi connectivity index (χ2n) is 4.42. The molecule has 0 bridgehead atoms. The van der Waals surface area contributed by atoms with Gasteiger partial charge in [-0.1, -0.05) is 18.2 Å². The fourth-order valence-corrected chi connectivity index (χ4v) is 2.42. The highest BCUT2D eigenvalue weighted by atomic mass is 15.2. The van der Waals surface area contributed by atoms with Gasteiger partial charge in [-0.05, 0) is 25.0 Å². The molecule has 4 nitrogen and oxygen atoms in total. The van der Waals surface area contributed by atoms with Gasteiger partial charge in [-0.25, -0.2) is 9.97 Å². The molecule has 0 amide bonds. The molecule has 1 aromatic heterocycles. The summed E-state index contributed by atoms with van der Waals surface area (Å²) in [7, 11) is 0. The summed E-state index contributed by atoms with van der Waals surface area (Å²) in [5, 5.41) is 8.74. The molecule has 1 atom stereocenters. The fraction of sp³-hybridized carbons (Fsp3) is 0.214. The molecule has 0 radical (unpaired) electrons. The van der Waals surface area contributed by atoms with Crippen molar-refractivity contribution < 1.29 is 0 Å². The van der Waals surface area contributed by atoms with Gasteiger partial charge in [0.05, 0.1) is 12.4 Å². The molecule has 1 aliphatic heterocycles. The molecule has 0 fully saturated rings.